The molecule has 1 atom stereocenters. The molecule has 1 aliphatic heterocycles. The van der Waals surface area contributed by atoms with Gasteiger partial charge in [0.05, 0.1) is 0 Å². The van der Waals surface area contributed by atoms with Crippen LogP contribution in [0.15, 0.2) is 42.5 Å². The van der Waals surface area contributed by atoms with E-state index in [4.69, 9.17) is 0 Å². The number of benzene rings is 2. The van der Waals surface area contributed by atoms with E-state index >= 15 is 0 Å². The Hall–Kier alpha value is -1.58. The first-order valence-electron chi connectivity index (χ1n) is 10.3. The van der Waals surface area contributed by atoms with Gasteiger partial charge in [-0.25, -0.2) is 0 Å². The molecular formula is C23H31ClN2O. The molecule has 1 unspecified atom stereocenters. The fourth-order valence-corrected chi connectivity index (χ4v) is 4.68. The third-order valence-electron chi connectivity index (χ3n) is 6.24. The monoisotopic (exact) mass is 386 g/mol. The summed E-state index contributed by atoms with van der Waals surface area (Å²) >= 11 is 0. The summed E-state index contributed by atoms with van der Waals surface area (Å²) in [7, 11) is 0. The summed E-state index contributed by atoms with van der Waals surface area (Å²) in [5.74, 6) is 1.04. The van der Waals surface area contributed by atoms with Gasteiger partial charge in [0.15, 0.2) is 0 Å². The molecule has 1 N–H and O–H groups in total. The van der Waals surface area contributed by atoms with E-state index in [0.717, 1.165) is 26.1 Å². The zero-order valence-corrected chi connectivity index (χ0v) is 16.8. The Labute approximate surface area is 168 Å². The van der Waals surface area contributed by atoms with Crippen LogP contribution in [-0.2, 0) is 11.3 Å². The number of carbonyl (C=O) groups excluding carboxylic acids is 1. The molecule has 0 bridgehead atoms. The minimum absolute atomic E-state index is 0. The average molecular weight is 387 g/mol. The number of amides is 1. The highest BCUT2D eigenvalue weighted by Crippen LogP contribution is 2.28. The van der Waals surface area contributed by atoms with Crippen LogP contribution in [0.5, 0.6) is 0 Å². The molecule has 27 heavy (non-hydrogen) atoms. The summed E-state index contributed by atoms with van der Waals surface area (Å²) in [6.07, 6.45) is 7.81. The van der Waals surface area contributed by atoms with Crippen molar-refractivity contribution in [2.24, 2.45) is 5.92 Å². The van der Waals surface area contributed by atoms with Crippen LogP contribution in [0.1, 0.15) is 50.5 Å². The Morgan fingerprint density at radius 1 is 1.04 bits per heavy atom. The van der Waals surface area contributed by atoms with Crippen molar-refractivity contribution < 1.29 is 4.79 Å². The summed E-state index contributed by atoms with van der Waals surface area (Å²) < 4.78 is 0. The van der Waals surface area contributed by atoms with E-state index in [1.807, 2.05) is 0 Å². The molecule has 2 aromatic carbocycles. The summed E-state index contributed by atoms with van der Waals surface area (Å²) in [5.41, 5.74) is 1.28. The van der Waals surface area contributed by atoms with Gasteiger partial charge in [0.2, 0.25) is 5.91 Å². The van der Waals surface area contributed by atoms with Gasteiger partial charge >= 0.3 is 0 Å². The van der Waals surface area contributed by atoms with Crippen molar-refractivity contribution in [1.29, 1.82) is 0 Å². The molecule has 1 heterocycles. The summed E-state index contributed by atoms with van der Waals surface area (Å²) in [4.78, 5) is 15.3. The lowest BCUT2D eigenvalue weighted by Crippen LogP contribution is -2.38. The number of nitrogens with zero attached hydrogens (tertiary/aromatic N) is 1. The van der Waals surface area contributed by atoms with Gasteiger partial charge in [0, 0.05) is 19.0 Å². The Balaban J connectivity index is 0.00000210. The molecule has 0 spiro atoms. The molecule has 3 nitrogen and oxygen atoms in total. The molecule has 1 saturated carbocycles. The predicted molar refractivity (Wildman–Crippen MR) is 114 cm³/mol. The van der Waals surface area contributed by atoms with Crippen molar-refractivity contribution in [2.45, 2.75) is 57.5 Å². The predicted octanol–water partition coefficient (Wildman–Crippen LogP) is 4.92. The maximum absolute atomic E-state index is 13.1. The third kappa shape index (κ3) is 4.83. The van der Waals surface area contributed by atoms with E-state index in [1.54, 1.807) is 0 Å². The molecule has 1 saturated heterocycles. The van der Waals surface area contributed by atoms with Crippen molar-refractivity contribution in [3.8, 4) is 0 Å². The number of carbonyl (C=O) groups is 1. The van der Waals surface area contributed by atoms with Crippen molar-refractivity contribution >= 4 is 29.1 Å². The Morgan fingerprint density at radius 2 is 1.81 bits per heavy atom. The SMILES string of the molecule is Cl.O=C(CCC1CCNC1)N(Cc1cccc2ccccc12)C1CCCC1. The number of nitrogens with one attached hydrogen (secondary N) is 1. The zero-order chi connectivity index (χ0) is 17.8. The molecule has 4 rings (SSSR count). The van der Waals surface area contributed by atoms with Crippen molar-refractivity contribution in [1.82, 2.24) is 10.2 Å². The van der Waals surface area contributed by atoms with Crippen LogP contribution in [-0.4, -0.2) is 29.9 Å². The lowest BCUT2D eigenvalue weighted by atomic mass is 10.0. The maximum atomic E-state index is 13.1. The van der Waals surface area contributed by atoms with Gasteiger partial charge in [0.1, 0.15) is 0 Å². The van der Waals surface area contributed by atoms with Crippen LogP contribution in [0.2, 0.25) is 0 Å². The van der Waals surface area contributed by atoms with Crippen molar-refractivity contribution in [3.05, 3.63) is 48.0 Å². The Kier molecular flexibility index (Phi) is 7.14. The largest absolute Gasteiger partial charge is 0.335 e. The van der Waals surface area contributed by atoms with Crippen LogP contribution < -0.4 is 5.32 Å². The van der Waals surface area contributed by atoms with E-state index in [-0.39, 0.29) is 12.4 Å². The fraction of sp³-hybridized carbons (Fsp3) is 0.522. The molecule has 2 aliphatic rings. The highest BCUT2D eigenvalue weighted by atomic mass is 35.5. The van der Waals surface area contributed by atoms with Gasteiger partial charge in [-0.1, -0.05) is 55.3 Å². The van der Waals surface area contributed by atoms with Gasteiger partial charge < -0.3 is 10.2 Å². The number of fused-ring (bicyclic) bond motifs is 1. The molecule has 1 amide bonds. The van der Waals surface area contributed by atoms with E-state index in [0.29, 0.717) is 24.3 Å². The van der Waals surface area contributed by atoms with Crippen molar-refractivity contribution in [2.75, 3.05) is 13.1 Å². The minimum Gasteiger partial charge on any atom is -0.335 e. The quantitative estimate of drug-likeness (QED) is 0.763. The van der Waals surface area contributed by atoms with E-state index in [9.17, 15) is 4.79 Å². The first-order valence-corrected chi connectivity index (χ1v) is 10.3. The maximum Gasteiger partial charge on any atom is 0.223 e. The summed E-state index contributed by atoms with van der Waals surface area (Å²) in [6.45, 7) is 2.95. The van der Waals surface area contributed by atoms with Gasteiger partial charge in [0.25, 0.3) is 0 Å². The number of rotatable bonds is 6. The number of hydrogen-bond acceptors (Lipinski definition) is 2. The van der Waals surface area contributed by atoms with Gasteiger partial charge in [-0.05, 0) is 61.0 Å². The zero-order valence-electron chi connectivity index (χ0n) is 16.0. The van der Waals surface area contributed by atoms with Crippen LogP contribution in [0.3, 0.4) is 0 Å². The highest BCUT2D eigenvalue weighted by molar-refractivity contribution is 5.86. The average Bonchev–Trinajstić information content (AvgIpc) is 3.38. The third-order valence-corrected chi connectivity index (χ3v) is 6.24. The molecule has 0 aromatic heterocycles. The lowest BCUT2D eigenvalue weighted by molar-refractivity contribution is -0.134. The number of hydrogen-bond donors (Lipinski definition) is 1. The van der Waals surface area contributed by atoms with Crippen LogP contribution in [0, 0.1) is 5.92 Å². The van der Waals surface area contributed by atoms with Crippen LogP contribution >= 0.6 is 12.4 Å². The molecule has 2 aromatic rings. The Bertz CT molecular complexity index is 746. The normalized spacial score (nSPS) is 19.9. The number of halogens is 1. The molecule has 146 valence electrons. The summed E-state index contributed by atoms with van der Waals surface area (Å²) in [6, 6.07) is 15.4. The molecule has 4 heteroatoms. The second-order valence-corrected chi connectivity index (χ2v) is 8.00. The molecule has 1 aliphatic carbocycles. The second-order valence-electron chi connectivity index (χ2n) is 8.00. The minimum atomic E-state index is 0. The van der Waals surface area contributed by atoms with Crippen molar-refractivity contribution in [3.63, 3.8) is 0 Å². The summed E-state index contributed by atoms with van der Waals surface area (Å²) in [5, 5.41) is 5.96. The fourth-order valence-electron chi connectivity index (χ4n) is 4.68. The van der Waals surface area contributed by atoms with Gasteiger partial charge in [-0.15, -0.1) is 12.4 Å². The topological polar surface area (TPSA) is 32.3 Å². The lowest BCUT2D eigenvalue weighted by Gasteiger charge is -2.30. The second kappa shape index (κ2) is 9.57. The molecular weight excluding hydrogens is 356 g/mol. The van der Waals surface area contributed by atoms with Crippen LogP contribution in [0.25, 0.3) is 10.8 Å². The van der Waals surface area contributed by atoms with Crippen LogP contribution in [0.4, 0.5) is 0 Å². The first kappa shape index (κ1) is 20.2. The van der Waals surface area contributed by atoms with E-state index < -0.39 is 0 Å². The van der Waals surface area contributed by atoms with E-state index in [1.165, 1.54) is 48.4 Å². The first-order chi connectivity index (χ1) is 12.8. The molecule has 0 radical (unpaired) electrons. The highest BCUT2D eigenvalue weighted by Gasteiger charge is 2.27. The Morgan fingerprint density at radius 3 is 2.59 bits per heavy atom. The van der Waals surface area contributed by atoms with Gasteiger partial charge in [-0.3, -0.25) is 4.79 Å². The van der Waals surface area contributed by atoms with E-state index in [2.05, 4.69) is 52.7 Å². The van der Waals surface area contributed by atoms with Gasteiger partial charge in [-0.2, -0.15) is 0 Å². The standard InChI is InChI=1S/C23H30N2O.ClH/c26-23(13-12-18-14-15-24-16-18)25(21-9-2-3-10-21)17-20-8-5-7-19-6-1-4-11-22(19)20;/h1,4-8,11,18,21,24H,2-3,9-10,12-17H2;1H. The molecule has 2 fully saturated rings. The smallest absolute Gasteiger partial charge is 0.223 e.